The standard InChI is InChI=1S/C11H16N4O4.C6H8N4O2/c1-11(2,3)19-10(16)13-6-8(7-13)14-5-4-9(12-14)15(17)18;11-10(12)6-1-2-9(8-6)5-3-7-4-5/h4-5,8H,6-7H2,1-3H3;1-2,5,7H,3-4H2. The molecule has 4 rings (SSSR count). The van der Waals surface area contributed by atoms with E-state index in [4.69, 9.17) is 4.74 Å². The summed E-state index contributed by atoms with van der Waals surface area (Å²) in [5.74, 6) is -0.266. The van der Waals surface area contributed by atoms with Crippen molar-refractivity contribution in [3.05, 3.63) is 44.8 Å². The highest BCUT2D eigenvalue weighted by Crippen LogP contribution is 2.24. The Morgan fingerprint density at radius 2 is 1.52 bits per heavy atom. The molecule has 0 bridgehead atoms. The van der Waals surface area contributed by atoms with Gasteiger partial charge in [0.15, 0.2) is 0 Å². The molecule has 2 fully saturated rings. The lowest BCUT2D eigenvalue weighted by Crippen LogP contribution is -2.52. The fourth-order valence-electron chi connectivity index (χ4n) is 2.82. The average molecular weight is 436 g/mol. The summed E-state index contributed by atoms with van der Waals surface area (Å²) in [5.41, 5.74) is -0.521. The van der Waals surface area contributed by atoms with Gasteiger partial charge in [0.2, 0.25) is 0 Å². The lowest BCUT2D eigenvalue weighted by Gasteiger charge is -2.38. The van der Waals surface area contributed by atoms with Crippen molar-refractivity contribution >= 4 is 17.7 Å². The van der Waals surface area contributed by atoms with E-state index in [1.807, 2.05) is 0 Å². The largest absolute Gasteiger partial charge is 0.444 e. The van der Waals surface area contributed by atoms with Gasteiger partial charge in [0.1, 0.15) is 11.6 Å². The fourth-order valence-corrected chi connectivity index (χ4v) is 2.82. The van der Waals surface area contributed by atoms with E-state index >= 15 is 0 Å². The third kappa shape index (κ3) is 5.53. The molecule has 2 aromatic rings. The van der Waals surface area contributed by atoms with Crippen molar-refractivity contribution in [3.63, 3.8) is 0 Å². The van der Waals surface area contributed by atoms with Crippen molar-refractivity contribution in [3.8, 4) is 0 Å². The third-order valence-corrected chi connectivity index (χ3v) is 4.58. The van der Waals surface area contributed by atoms with Crippen LogP contribution in [0.15, 0.2) is 24.5 Å². The first-order chi connectivity index (χ1) is 14.5. The lowest BCUT2D eigenvalue weighted by molar-refractivity contribution is -0.390. The molecule has 14 nitrogen and oxygen atoms in total. The van der Waals surface area contributed by atoms with Gasteiger partial charge in [-0.2, -0.15) is 9.36 Å². The molecule has 0 atom stereocenters. The smallest absolute Gasteiger partial charge is 0.410 e. The van der Waals surface area contributed by atoms with Gasteiger partial charge in [0.25, 0.3) is 0 Å². The Balaban J connectivity index is 0.000000194. The third-order valence-electron chi connectivity index (χ3n) is 4.58. The molecule has 1 N–H and O–H groups in total. The van der Waals surface area contributed by atoms with Crippen molar-refractivity contribution in [1.82, 2.24) is 29.8 Å². The summed E-state index contributed by atoms with van der Waals surface area (Å²) in [4.78, 5) is 33.0. The number of hydrogen-bond donors (Lipinski definition) is 1. The predicted octanol–water partition coefficient (Wildman–Crippen LogP) is 1.52. The van der Waals surface area contributed by atoms with E-state index in [-0.39, 0.29) is 23.8 Å². The molecule has 14 heteroatoms. The van der Waals surface area contributed by atoms with Crippen molar-refractivity contribution in [2.75, 3.05) is 26.2 Å². The minimum absolute atomic E-state index is 0.0266. The Kier molecular flexibility index (Phi) is 6.19. The van der Waals surface area contributed by atoms with E-state index in [2.05, 4.69) is 15.5 Å². The number of ether oxygens (including phenoxy) is 1. The van der Waals surface area contributed by atoms with Gasteiger partial charge in [0.05, 0.1) is 53.9 Å². The van der Waals surface area contributed by atoms with Crippen LogP contribution in [0.2, 0.25) is 0 Å². The van der Waals surface area contributed by atoms with E-state index in [0.717, 1.165) is 13.1 Å². The molecular weight excluding hydrogens is 412 g/mol. The Bertz CT molecular complexity index is 954. The van der Waals surface area contributed by atoms with Gasteiger partial charge in [-0.15, -0.1) is 0 Å². The SMILES string of the molecule is CC(C)(C)OC(=O)N1CC(n2ccc([N+](=O)[O-])n2)C1.O=[N+]([O-])c1ccn(C2CNC2)n1. The molecule has 2 saturated heterocycles. The van der Waals surface area contributed by atoms with Crippen LogP contribution in [0.3, 0.4) is 0 Å². The Morgan fingerprint density at radius 1 is 1.03 bits per heavy atom. The Labute approximate surface area is 177 Å². The van der Waals surface area contributed by atoms with Crippen LogP contribution < -0.4 is 5.32 Å². The molecule has 4 heterocycles. The van der Waals surface area contributed by atoms with Crippen LogP contribution in [0.1, 0.15) is 32.9 Å². The molecule has 31 heavy (non-hydrogen) atoms. The summed E-state index contributed by atoms with van der Waals surface area (Å²) < 4.78 is 8.36. The Hall–Kier alpha value is -3.55. The molecule has 168 valence electrons. The fraction of sp³-hybridized carbons (Fsp3) is 0.588. The molecule has 2 aliphatic heterocycles. The highest BCUT2D eigenvalue weighted by atomic mass is 16.6. The average Bonchev–Trinajstić information content (AvgIpc) is 3.20. The predicted molar refractivity (Wildman–Crippen MR) is 107 cm³/mol. The van der Waals surface area contributed by atoms with Crippen LogP contribution >= 0.6 is 0 Å². The van der Waals surface area contributed by atoms with Gasteiger partial charge in [0, 0.05) is 13.1 Å². The molecule has 1 amide bonds. The van der Waals surface area contributed by atoms with Crippen LogP contribution in [0.5, 0.6) is 0 Å². The van der Waals surface area contributed by atoms with Crippen LogP contribution in [-0.2, 0) is 4.74 Å². The number of amides is 1. The molecule has 2 aliphatic rings. The maximum Gasteiger partial charge on any atom is 0.410 e. The number of carbonyl (C=O) groups is 1. The van der Waals surface area contributed by atoms with Gasteiger partial charge in [-0.3, -0.25) is 0 Å². The molecule has 0 saturated carbocycles. The van der Waals surface area contributed by atoms with Crippen molar-refractivity contribution in [2.45, 2.75) is 38.5 Å². The van der Waals surface area contributed by atoms with Crippen molar-refractivity contribution < 1.29 is 19.4 Å². The van der Waals surface area contributed by atoms with Crippen molar-refractivity contribution in [1.29, 1.82) is 0 Å². The van der Waals surface area contributed by atoms with E-state index in [1.165, 1.54) is 16.8 Å². The quantitative estimate of drug-likeness (QED) is 0.552. The second-order valence-electron chi connectivity index (χ2n) is 8.17. The summed E-state index contributed by atoms with van der Waals surface area (Å²) in [6.07, 6.45) is 2.82. The number of rotatable bonds is 4. The maximum absolute atomic E-state index is 11.7. The van der Waals surface area contributed by atoms with Gasteiger partial charge in [-0.1, -0.05) is 0 Å². The first kappa shape index (κ1) is 22.1. The number of aromatic nitrogens is 4. The van der Waals surface area contributed by atoms with Gasteiger partial charge < -0.3 is 35.2 Å². The molecular formula is C17H24N8O6. The van der Waals surface area contributed by atoms with E-state index < -0.39 is 15.4 Å². The number of nitrogens with one attached hydrogen (secondary N) is 1. The van der Waals surface area contributed by atoms with Gasteiger partial charge in [-0.05, 0) is 30.6 Å². The highest BCUT2D eigenvalue weighted by molar-refractivity contribution is 5.69. The summed E-state index contributed by atoms with van der Waals surface area (Å²) >= 11 is 0. The Morgan fingerprint density at radius 3 is 1.87 bits per heavy atom. The molecule has 0 spiro atoms. The number of hydrogen-bond acceptors (Lipinski definition) is 9. The van der Waals surface area contributed by atoms with Crippen LogP contribution in [0, 0.1) is 20.2 Å². The highest BCUT2D eigenvalue weighted by Gasteiger charge is 2.37. The van der Waals surface area contributed by atoms with Crippen LogP contribution in [-0.4, -0.2) is 72.2 Å². The first-order valence-corrected chi connectivity index (χ1v) is 9.61. The van der Waals surface area contributed by atoms with Gasteiger partial charge >= 0.3 is 17.7 Å². The summed E-state index contributed by atoms with van der Waals surface area (Å²) in [6, 6.07) is 3.02. The zero-order valence-corrected chi connectivity index (χ0v) is 17.4. The number of nitrogens with zero attached hydrogens (tertiary/aromatic N) is 7. The molecule has 0 radical (unpaired) electrons. The van der Waals surface area contributed by atoms with Crippen molar-refractivity contribution in [2.24, 2.45) is 0 Å². The lowest BCUT2D eigenvalue weighted by atomic mass is 10.1. The first-order valence-electron chi connectivity index (χ1n) is 9.61. The second-order valence-corrected chi connectivity index (χ2v) is 8.17. The number of carbonyl (C=O) groups excluding carboxylic acids is 1. The summed E-state index contributed by atoms with van der Waals surface area (Å²) in [7, 11) is 0. The molecule has 2 aromatic heterocycles. The summed E-state index contributed by atoms with van der Waals surface area (Å²) in [5, 5.41) is 31.5. The zero-order chi connectivity index (χ0) is 22.8. The van der Waals surface area contributed by atoms with Gasteiger partial charge in [-0.25, -0.2) is 4.79 Å². The van der Waals surface area contributed by atoms with E-state index in [1.54, 1.807) is 42.7 Å². The second kappa shape index (κ2) is 8.67. The van der Waals surface area contributed by atoms with E-state index in [9.17, 15) is 25.0 Å². The number of nitro groups is 2. The van der Waals surface area contributed by atoms with Crippen LogP contribution in [0.4, 0.5) is 16.4 Å². The summed E-state index contributed by atoms with van der Waals surface area (Å²) in [6.45, 7) is 8.01. The topological polar surface area (TPSA) is 163 Å². The minimum atomic E-state index is -0.541. The minimum Gasteiger partial charge on any atom is -0.444 e. The zero-order valence-electron chi connectivity index (χ0n) is 17.4. The monoisotopic (exact) mass is 436 g/mol. The molecule has 0 aliphatic carbocycles. The van der Waals surface area contributed by atoms with Crippen LogP contribution in [0.25, 0.3) is 0 Å². The normalized spacial score (nSPS) is 16.5. The van der Waals surface area contributed by atoms with E-state index in [0.29, 0.717) is 19.1 Å². The maximum atomic E-state index is 11.7. The number of likely N-dealkylation sites (tertiary alicyclic amines) is 1. The molecule has 0 unspecified atom stereocenters. The molecule has 0 aromatic carbocycles.